The minimum absolute atomic E-state index is 0.178. The van der Waals surface area contributed by atoms with Gasteiger partial charge in [-0.1, -0.05) is 35.9 Å². The maximum atomic E-state index is 12.2. The van der Waals surface area contributed by atoms with Crippen LogP contribution < -0.4 is 21.8 Å². The molecule has 120 valence electrons. The van der Waals surface area contributed by atoms with Gasteiger partial charge in [-0.15, -0.1) is 0 Å². The van der Waals surface area contributed by atoms with E-state index in [1.165, 1.54) is 0 Å². The number of pyridine rings is 1. The number of benzene rings is 1. The quantitative estimate of drug-likeness (QED) is 0.731. The lowest BCUT2D eigenvalue weighted by atomic mass is 10.1. The first-order valence-electron chi connectivity index (χ1n) is 7.57. The van der Waals surface area contributed by atoms with Gasteiger partial charge in [-0.3, -0.25) is 14.6 Å². The van der Waals surface area contributed by atoms with Crippen molar-refractivity contribution in [2.45, 2.75) is 13.8 Å². The van der Waals surface area contributed by atoms with Crippen LogP contribution >= 0.6 is 0 Å². The third-order valence-corrected chi connectivity index (χ3v) is 3.60. The first-order valence-corrected chi connectivity index (χ1v) is 7.57. The maximum Gasteiger partial charge on any atom is 0.272 e. The summed E-state index contributed by atoms with van der Waals surface area (Å²) in [7, 11) is 0. The van der Waals surface area contributed by atoms with Crippen LogP contribution in [0.4, 0.5) is 0 Å². The summed E-state index contributed by atoms with van der Waals surface area (Å²) >= 11 is 0. The van der Waals surface area contributed by atoms with Crippen LogP contribution in [0.15, 0.2) is 52.2 Å². The summed E-state index contributed by atoms with van der Waals surface area (Å²) in [6.45, 7) is 3.92. The average molecular weight is 319 g/mol. The van der Waals surface area contributed by atoms with E-state index in [4.69, 9.17) is 0 Å². The zero-order valence-electron chi connectivity index (χ0n) is 13.5. The van der Waals surface area contributed by atoms with Crippen molar-refractivity contribution in [2.24, 2.45) is 0 Å². The van der Waals surface area contributed by atoms with E-state index in [9.17, 15) is 9.59 Å². The van der Waals surface area contributed by atoms with Crippen molar-refractivity contribution >= 4 is 12.2 Å². The molecule has 5 nitrogen and oxygen atoms in total. The first kappa shape index (κ1) is 15.7. The zero-order chi connectivity index (χ0) is 17.1. The molecule has 0 unspecified atom stereocenters. The molecule has 0 amide bonds. The smallest absolute Gasteiger partial charge is 0.272 e. The Labute approximate surface area is 138 Å². The largest absolute Gasteiger partial charge is 0.316 e. The Morgan fingerprint density at radius 3 is 1.96 bits per heavy atom. The molecule has 0 spiro atoms. The molecule has 0 saturated heterocycles. The topological polar surface area (TPSA) is 78.6 Å². The van der Waals surface area contributed by atoms with Gasteiger partial charge in [-0.25, -0.2) is 0 Å². The van der Waals surface area contributed by atoms with E-state index in [0.717, 1.165) is 16.7 Å². The third kappa shape index (κ3) is 3.57. The van der Waals surface area contributed by atoms with Crippen LogP contribution in [0, 0.1) is 13.8 Å². The molecule has 2 heterocycles. The number of H-pyrrole nitrogens is 2. The van der Waals surface area contributed by atoms with E-state index in [1.807, 2.05) is 44.2 Å². The second kappa shape index (κ2) is 6.50. The summed E-state index contributed by atoms with van der Waals surface area (Å²) in [5, 5.41) is 0.398. The molecule has 1 aromatic carbocycles. The highest BCUT2D eigenvalue weighted by Gasteiger charge is 1.97. The Hall–Kier alpha value is -3.21. The van der Waals surface area contributed by atoms with Crippen molar-refractivity contribution < 1.29 is 0 Å². The second-order valence-electron chi connectivity index (χ2n) is 5.70. The van der Waals surface area contributed by atoms with Crippen LogP contribution in [-0.2, 0) is 0 Å². The number of aryl methyl sites for hydroxylation is 2. The number of aromatic amines is 2. The van der Waals surface area contributed by atoms with Crippen molar-refractivity contribution in [3.8, 4) is 0 Å². The molecule has 0 bridgehead atoms. The van der Waals surface area contributed by atoms with E-state index in [0.29, 0.717) is 5.69 Å². The Balaban J connectivity index is 2.09. The monoisotopic (exact) mass is 319 g/mol. The number of nitrogens with zero attached hydrogens (tertiary/aromatic N) is 1. The summed E-state index contributed by atoms with van der Waals surface area (Å²) < 4.78 is 0. The van der Waals surface area contributed by atoms with Gasteiger partial charge in [0.25, 0.3) is 11.1 Å². The molecule has 0 saturated carbocycles. The fourth-order valence-electron chi connectivity index (χ4n) is 2.24. The lowest BCUT2D eigenvalue weighted by Crippen LogP contribution is -2.46. The number of aromatic nitrogens is 3. The average Bonchev–Trinajstić information content (AvgIpc) is 2.56. The number of nitrogens with one attached hydrogen (secondary N) is 2. The van der Waals surface area contributed by atoms with Crippen LogP contribution in [0.25, 0.3) is 12.2 Å². The van der Waals surface area contributed by atoms with Crippen molar-refractivity contribution in [2.75, 3.05) is 0 Å². The van der Waals surface area contributed by atoms with Crippen LogP contribution in [0.3, 0.4) is 0 Å². The van der Waals surface area contributed by atoms with Gasteiger partial charge in [-0.2, -0.15) is 0 Å². The van der Waals surface area contributed by atoms with E-state index in [2.05, 4.69) is 15.0 Å². The Morgan fingerprint density at radius 2 is 1.38 bits per heavy atom. The lowest BCUT2D eigenvalue weighted by Gasteiger charge is -1.96. The van der Waals surface area contributed by atoms with Gasteiger partial charge in [-0.05, 0) is 43.2 Å². The molecular weight excluding hydrogens is 302 g/mol. The number of hydrogen-bond donors (Lipinski definition) is 2. The van der Waals surface area contributed by atoms with Crippen LogP contribution in [0.1, 0.15) is 22.4 Å². The van der Waals surface area contributed by atoms with Gasteiger partial charge >= 0.3 is 0 Å². The van der Waals surface area contributed by atoms with Gasteiger partial charge in [0, 0.05) is 6.20 Å². The molecule has 3 aromatic rings. The van der Waals surface area contributed by atoms with Gasteiger partial charge in [0.15, 0.2) is 0 Å². The fourth-order valence-corrected chi connectivity index (χ4v) is 2.24. The van der Waals surface area contributed by atoms with Crippen LogP contribution in [0.2, 0.25) is 0 Å². The van der Waals surface area contributed by atoms with Crippen LogP contribution in [0.5, 0.6) is 0 Å². The molecule has 0 radical (unpaired) electrons. The number of hydrogen-bond acceptors (Lipinski definition) is 3. The fraction of sp³-hybridized carbons (Fsp3) is 0.105. The maximum absolute atomic E-state index is 12.2. The van der Waals surface area contributed by atoms with Gasteiger partial charge < -0.3 is 9.97 Å². The van der Waals surface area contributed by atoms with E-state index < -0.39 is 0 Å². The predicted octanol–water partition coefficient (Wildman–Crippen LogP) is 0.733. The molecule has 5 heteroatoms. The van der Waals surface area contributed by atoms with E-state index in [1.54, 1.807) is 24.4 Å². The van der Waals surface area contributed by atoms with E-state index >= 15 is 0 Å². The molecule has 24 heavy (non-hydrogen) atoms. The first-order chi connectivity index (χ1) is 11.5. The van der Waals surface area contributed by atoms with Crippen molar-refractivity contribution in [3.05, 3.63) is 96.4 Å². The van der Waals surface area contributed by atoms with Crippen molar-refractivity contribution in [1.29, 1.82) is 0 Å². The van der Waals surface area contributed by atoms with Crippen LogP contribution in [-0.4, -0.2) is 15.0 Å². The lowest BCUT2D eigenvalue weighted by molar-refractivity contribution is 1.00. The molecule has 0 atom stereocenters. The molecule has 0 aliphatic heterocycles. The summed E-state index contributed by atoms with van der Waals surface area (Å²) in [5.74, 6) is 0. The predicted molar refractivity (Wildman–Crippen MR) is 94.2 cm³/mol. The molecule has 2 N–H and O–H groups in total. The normalized spacial score (nSPS) is 12.6. The summed E-state index contributed by atoms with van der Waals surface area (Å²) in [6, 6.07) is 11.4. The number of rotatable bonds is 2. The molecule has 2 aromatic heterocycles. The second-order valence-corrected chi connectivity index (χ2v) is 5.70. The van der Waals surface area contributed by atoms with Gasteiger partial charge in [0.2, 0.25) is 0 Å². The highest BCUT2D eigenvalue weighted by molar-refractivity contribution is 5.48. The summed E-state index contributed by atoms with van der Waals surface area (Å²) in [4.78, 5) is 33.9. The molecule has 0 aliphatic rings. The molecule has 0 fully saturated rings. The Bertz CT molecular complexity index is 998. The highest BCUT2D eigenvalue weighted by Crippen LogP contribution is 2.02. The Kier molecular flexibility index (Phi) is 4.24. The van der Waals surface area contributed by atoms with Crippen molar-refractivity contribution in [3.63, 3.8) is 0 Å². The summed E-state index contributed by atoms with van der Waals surface area (Å²) in [5.41, 5.74) is 2.89. The van der Waals surface area contributed by atoms with Crippen molar-refractivity contribution in [1.82, 2.24) is 15.0 Å². The SMILES string of the molecule is Cc1ccc(/C=c2/[nH]c(=O)/c(=C\c3ccc(C)cn3)[nH]c2=O)cc1. The standard InChI is InChI=1S/C19H17N3O2/c1-12-3-6-14(7-4-12)9-16-18(23)22-17(19(24)21-16)10-15-8-5-13(2)11-20-15/h3-11H,1-2H3,(H,21,24)(H,22,23)/b16-9+,17-10+. The zero-order valence-corrected chi connectivity index (χ0v) is 13.5. The Morgan fingerprint density at radius 1 is 0.792 bits per heavy atom. The summed E-state index contributed by atoms with van der Waals surface area (Å²) in [6.07, 6.45) is 4.90. The van der Waals surface area contributed by atoms with Gasteiger partial charge in [0.05, 0.1) is 5.69 Å². The van der Waals surface area contributed by atoms with Gasteiger partial charge in [0.1, 0.15) is 10.7 Å². The molecular formula is C19H17N3O2. The highest BCUT2D eigenvalue weighted by atomic mass is 16.1. The minimum atomic E-state index is -0.365. The van der Waals surface area contributed by atoms with E-state index in [-0.39, 0.29) is 21.8 Å². The molecule has 0 aliphatic carbocycles. The minimum Gasteiger partial charge on any atom is -0.316 e. The molecule has 3 rings (SSSR count). The third-order valence-electron chi connectivity index (χ3n) is 3.60.